The Morgan fingerprint density at radius 1 is 0.788 bits per heavy atom. The molecule has 1 N–H and O–H groups in total. The Hall–Kier alpha value is -3.32. The topological polar surface area (TPSA) is 72.3 Å². The van der Waals surface area contributed by atoms with Crippen LogP contribution in [0.3, 0.4) is 0 Å². The quantitative estimate of drug-likeness (QED) is 0.318. The summed E-state index contributed by atoms with van der Waals surface area (Å²) in [5.41, 5.74) is 2.97. The van der Waals surface area contributed by atoms with E-state index in [1.165, 1.54) is 12.1 Å². The van der Waals surface area contributed by atoms with Crippen molar-refractivity contribution in [2.24, 2.45) is 0 Å². The zero-order chi connectivity index (χ0) is 23.4. The minimum atomic E-state index is -1.22. The number of ether oxygens (including phenoxy) is 1. The van der Waals surface area contributed by atoms with Gasteiger partial charge in [-0.05, 0) is 42.0 Å². The molecule has 0 aliphatic rings. The fourth-order valence-electron chi connectivity index (χ4n) is 3.21. The van der Waals surface area contributed by atoms with Crippen LogP contribution in [0, 0.1) is 5.82 Å². The van der Waals surface area contributed by atoms with Crippen LogP contribution in [0.5, 0.6) is 0 Å². The van der Waals surface area contributed by atoms with Crippen molar-refractivity contribution < 1.29 is 19.0 Å². The summed E-state index contributed by atoms with van der Waals surface area (Å²) in [6.45, 7) is 0.0731. The molecule has 33 heavy (non-hydrogen) atoms. The summed E-state index contributed by atoms with van der Waals surface area (Å²) in [6, 6.07) is 19.8. The SMILES string of the molecule is O=C(O)c1nc(-c2ccc(Cl)cc2)c(-c2ccc(Cl)cc2)nc1COCc1ccc(F)cc1. The Labute approximate surface area is 199 Å². The highest BCUT2D eigenvalue weighted by atomic mass is 35.5. The van der Waals surface area contributed by atoms with Crippen molar-refractivity contribution in [1.82, 2.24) is 9.97 Å². The molecule has 0 spiro atoms. The number of aromatic nitrogens is 2. The lowest BCUT2D eigenvalue weighted by Gasteiger charge is -2.14. The van der Waals surface area contributed by atoms with Crippen LogP contribution in [0.1, 0.15) is 21.7 Å². The molecule has 4 aromatic rings. The molecule has 0 saturated heterocycles. The molecule has 0 aliphatic heterocycles. The zero-order valence-electron chi connectivity index (χ0n) is 17.1. The van der Waals surface area contributed by atoms with Gasteiger partial charge in [-0.2, -0.15) is 0 Å². The van der Waals surface area contributed by atoms with Gasteiger partial charge in [0.2, 0.25) is 0 Å². The van der Waals surface area contributed by atoms with E-state index < -0.39 is 5.97 Å². The van der Waals surface area contributed by atoms with Gasteiger partial charge in [-0.25, -0.2) is 19.2 Å². The molecule has 166 valence electrons. The zero-order valence-corrected chi connectivity index (χ0v) is 18.6. The average Bonchev–Trinajstić information content (AvgIpc) is 2.81. The van der Waals surface area contributed by atoms with E-state index in [0.717, 1.165) is 5.56 Å². The third-order valence-electron chi connectivity index (χ3n) is 4.83. The van der Waals surface area contributed by atoms with Crippen LogP contribution in [-0.2, 0) is 18.0 Å². The lowest BCUT2D eigenvalue weighted by Crippen LogP contribution is -2.12. The largest absolute Gasteiger partial charge is 0.476 e. The number of hydrogen-bond acceptors (Lipinski definition) is 4. The molecule has 0 atom stereocenters. The monoisotopic (exact) mass is 482 g/mol. The number of hydrogen-bond donors (Lipinski definition) is 1. The molecule has 5 nitrogen and oxygen atoms in total. The number of nitrogens with zero attached hydrogens (tertiary/aromatic N) is 2. The second-order valence-corrected chi connectivity index (χ2v) is 8.03. The van der Waals surface area contributed by atoms with E-state index in [-0.39, 0.29) is 30.4 Å². The van der Waals surface area contributed by atoms with Gasteiger partial charge in [-0.15, -0.1) is 0 Å². The van der Waals surface area contributed by atoms with Crippen molar-refractivity contribution in [3.8, 4) is 22.5 Å². The summed E-state index contributed by atoms with van der Waals surface area (Å²) < 4.78 is 18.8. The Balaban J connectivity index is 1.74. The Kier molecular flexibility index (Phi) is 6.99. The van der Waals surface area contributed by atoms with E-state index >= 15 is 0 Å². The van der Waals surface area contributed by atoms with E-state index in [0.29, 0.717) is 32.6 Å². The lowest BCUT2D eigenvalue weighted by molar-refractivity contribution is 0.0674. The van der Waals surface area contributed by atoms with E-state index in [1.807, 2.05) is 0 Å². The fourth-order valence-corrected chi connectivity index (χ4v) is 3.46. The molecule has 0 radical (unpaired) electrons. The highest BCUT2D eigenvalue weighted by Crippen LogP contribution is 2.32. The molecule has 1 aromatic heterocycles. The molecule has 1 heterocycles. The lowest BCUT2D eigenvalue weighted by atomic mass is 10.0. The predicted octanol–water partition coefficient (Wildman–Crippen LogP) is 6.67. The van der Waals surface area contributed by atoms with Gasteiger partial charge in [-0.3, -0.25) is 0 Å². The number of rotatable bonds is 7. The second-order valence-electron chi connectivity index (χ2n) is 7.15. The number of carboxylic acids is 1. The Morgan fingerprint density at radius 2 is 1.30 bits per heavy atom. The average molecular weight is 483 g/mol. The van der Waals surface area contributed by atoms with Crippen LogP contribution < -0.4 is 0 Å². The van der Waals surface area contributed by atoms with Gasteiger partial charge in [0.25, 0.3) is 0 Å². The molecule has 3 aromatic carbocycles. The molecule has 0 amide bonds. The second kappa shape index (κ2) is 10.1. The first-order valence-corrected chi connectivity index (χ1v) is 10.6. The van der Waals surface area contributed by atoms with E-state index in [9.17, 15) is 14.3 Å². The van der Waals surface area contributed by atoms with Gasteiger partial charge in [-0.1, -0.05) is 59.6 Å². The molecule has 0 unspecified atom stereocenters. The van der Waals surface area contributed by atoms with Gasteiger partial charge >= 0.3 is 5.97 Å². The number of benzene rings is 3. The minimum Gasteiger partial charge on any atom is -0.476 e. The third kappa shape index (κ3) is 5.54. The molecule has 4 rings (SSSR count). The smallest absolute Gasteiger partial charge is 0.356 e. The number of carbonyl (C=O) groups is 1. The number of aromatic carboxylic acids is 1. The van der Waals surface area contributed by atoms with Gasteiger partial charge in [0.1, 0.15) is 11.5 Å². The van der Waals surface area contributed by atoms with E-state index in [2.05, 4.69) is 9.97 Å². The minimum absolute atomic E-state index is 0.0898. The van der Waals surface area contributed by atoms with Gasteiger partial charge < -0.3 is 9.84 Å². The molecule has 0 aliphatic carbocycles. The molecule has 8 heteroatoms. The van der Waals surface area contributed by atoms with Gasteiger partial charge in [0.05, 0.1) is 24.6 Å². The summed E-state index contributed by atoms with van der Waals surface area (Å²) in [6.07, 6.45) is 0. The van der Waals surface area contributed by atoms with Crippen LogP contribution >= 0.6 is 23.2 Å². The van der Waals surface area contributed by atoms with E-state index in [4.69, 9.17) is 27.9 Å². The number of halogens is 3. The molecular formula is C25H17Cl2FN2O3. The van der Waals surface area contributed by atoms with Gasteiger partial charge in [0.15, 0.2) is 5.69 Å². The standard InChI is InChI=1S/C25H17Cl2FN2O3/c26-18-7-3-16(4-8-18)22-23(17-5-9-19(27)10-6-17)30-24(25(31)32)21(29-22)14-33-13-15-1-11-20(28)12-2-15/h1-12H,13-14H2,(H,31,32). The molecular weight excluding hydrogens is 466 g/mol. The predicted molar refractivity (Wildman–Crippen MR) is 125 cm³/mol. The van der Waals surface area contributed by atoms with Crippen LogP contribution in [-0.4, -0.2) is 21.0 Å². The van der Waals surface area contributed by atoms with Crippen LogP contribution in [0.2, 0.25) is 10.0 Å². The normalized spacial score (nSPS) is 10.9. The molecule has 0 fully saturated rings. The number of carboxylic acid groups (broad SMARTS) is 1. The van der Waals surface area contributed by atoms with Crippen LogP contribution in [0.15, 0.2) is 72.8 Å². The van der Waals surface area contributed by atoms with E-state index in [1.54, 1.807) is 60.7 Å². The maximum atomic E-state index is 13.1. The summed E-state index contributed by atoms with van der Waals surface area (Å²) in [5, 5.41) is 10.9. The first kappa shape index (κ1) is 22.9. The summed E-state index contributed by atoms with van der Waals surface area (Å²) in [5.74, 6) is -1.57. The van der Waals surface area contributed by atoms with Crippen molar-refractivity contribution in [3.63, 3.8) is 0 Å². The van der Waals surface area contributed by atoms with Crippen LogP contribution in [0.25, 0.3) is 22.5 Å². The highest BCUT2D eigenvalue weighted by molar-refractivity contribution is 6.31. The van der Waals surface area contributed by atoms with Crippen molar-refractivity contribution in [2.75, 3.05) is 0 Å². The first-order chi connectivity index (χ1) is 15.9. The fraction of sp³-hybridized carbons (Fsp3) is 0.0800. The molecule has 0 saturated carbocycles. The third-order valence-corrected chi connectivity index (χ3v) is 5.33. The van der Waals surface area contributed by atoms with Crippen LogP contribution in [0.4, 0.5) is 4.39 Å². The van der Waals surface area contributed by atoms with Crippen molar-refractivity contribution in [2.45, 2.75) is 13.2 Å². The highest BCUT2D eigenvalue weighted by Gasteiger charge is 2.21. The maximum absolute atomic E-state index is 13.1. The summed E-state index contributed by atoms with van der Waals surface area (Å²) >= 11 is 12.1. The van der Waals surface area contributed by atoms with Crippen molar-refractivity contribution in [3.05, 3.63) is 106 Å². The van der Waals surface area contributed by atoms with Crippen molar-refractivity contribution >= 4 is 29.2 Å². The molecule has 0 bridgehead atoms. The maximum Gasteiger partial charge on any atom is 0.356 e. The van der Waals surface area contributed by atoms with Gasteiger partial charge in [0, 0.05) is 21.2 Å². The Bertz CT molecular complexity index is 1280. The van der Waals surface area contributed by atoms with Crippen molar-refractivity contribution in [1.29, 1.82) is 0 Å². The Morgan fingerprint density at radius 3 is 1.82 bits per heavy atom. The summed E-state index contributed by atoms with van der Waals surface area (Å²) in [4.78, 5) is 21.1. The first-order valence-electron chi connectivity index (χ1n) is 9.89. The summed E-state index contributed by atoms with van der Waals surface area (Å²) in [7, 11) is 0.